The Bertz CT molecular complexity index is 350. The van der Waals surface area contributed by atoms with Crippen molar-refractivity contribution in [2.24, 2.45) is 0 Å². The van der Waals surface area contributed by atoms with Crippen molar-refractivity contribution in [3.63, 3.8) is 0 Å². The van der Waals surface area contributed by atoms with E-state index in [2.05, 4.69) is 33.0 Å². The van der Waals surface area contributed by atoms with E-state index in [1.54, 1.807) is 12.1 Å². The molecule has 3 rings (SSSR count). The molecule has 0 aliphatic heterocycles. The standard InChI is InChI=1S/2C5H5.C4H3ClO2.Ti/c2*1-2-4-5-3-1;5-7-4-2-1-3-6-4;/h2*1-3H,4H2;1-3H;/q2*-1;;+2. The van der Waals surface area contributed by atoms with Crippen LogP contribution >= 0.6 is 11.9 Å². The Morgan fingerprint density at radius 2 is 1.72 bits per heavy atom. The van der Waals surface area contributed by atoms with E-state index in [1.807, 2.05) is 24.3 Å². The van der Waals surface area contributed by atoms with E-state index >= 15 is 0 Å². The molecule has 0 aromatic carbocycles. The number of halogens is 1. The van der Waals surface area contributed by atoms with Gasteiger partial charge in [-0.1, -0.05) is 0 Å². The Labute approximate surface area is 128 Å². The minimum atomic E-state index is 0. The summed E-state index contributed by atoms with van der Waals surface area (Å²) in [6.45, 7) is 0. The Morgan fingerprint density at radius 1 is 1.11 bits per heavy atom. The van der Waals surface area contributed by atoms with Crippen molar-refractivity contribution in [1.29, 1.82) is 0 Å². The van der Waals surface area contributed by atoms with Crippen LogP contribution in [0.3, 0.4) is 0 Å². The molecule has 1 aromatic heterocycles. The third-order valence-electron chi connectivity index (χ3n) is 1.74. The first-order valence-corrected chi connectivity index (χ1v) is 5.50. The van der Waals surface area contributed by atoms with Crippen LogP contribution in [-0.2, 0) is 21.7 Å². The topological polar surface area (TPSA) is 22.4 Å². The SMILES string of the molecule is ClOc1ccco1.[C-]1=CC=CC1.[C-]1=CC=CC1.[Ti+2]. The van der Waals surface area contributed by atoms with Crippen molar-refractivity contribution in [2.75, 3.05) is 0 Å². The van der Waals surface area contributed by atoms with Gasteiger partial charge in [-0.05, 0) is 6.07 Å². The van der Waals surface area contributed by atoms with E-state index in [-0.39, 0.29) is 21.7 Å². The normalized spacial score (nSPS) is 13.2. The average molecular weight is 297 g/mol. The smallest absolute Gasteiger partial charge is 0.433 e. The van der Waals surface area contributed by atoms with Gasteiger partial charge in [0.15, 0.2) is 0 Å². The number of allylic oxidation sites excluding steroid dienone is 8. The zero-order valence-electron chi connectivity index (χ0n) is 9.80. The monoisotopic (exact) mass is 296 g/mol. The molecule has 18 heavy (non-hydrogen) atoms. The summed E-state index contributed by atoms with van der Waals surface area (Å²) in [5, 5.41) is 0. The molecule has 0 radical (unpaired) electrons. The van der Waals surface area contributed by atoms with Crippen LogP contribution in [0, 0.1) is 12.2 Å². The fourth-order valence-corrected chi connectivity index (χ4v) is 1.08. The molecule has 0 saturated heterocycles. The van der Waals surface area contributed by atoms with Crippen molar-refractivity contribution in [2.45, 2.75) is 12.8 Å². The van der Waals surface area contributed by atoms with E-state index in [1.165, 1.54) is 6.26 Å². The van der Waals surface area contributed by atoms with Gasteiger partial charge in [-0.2, -0.15) is 12.2 Å². The summed E-state index contributed by atoms with van der Waals surface area (Å²) in [5.41, 5.74) is 0. The maximum Gasteiger partial charge on any atom is 2.00 e. The van der Waals surface area contributed by atoms with Gasteiger partial charge in [0, 0.05) is 6.07 Å². The second-order valence-corrected chi connectivity index (χ2v) is 3.17. The Morgan fingerprint density at radius 3 is 1.89 bits per heavy atom. The maximum absolute atomic E-state index is 4.87. The van der Waals surface area contributed by atoms with Crippen molar-refractivity contribution in [3.05, 3.63) is 67.0 Å². The molecule has 4 heteroatoms. The van der Waals surface area contributed by atoms with Crippen LogP contribution in [0.5, 0.6) is 5.95 Å². The molecular weight excluding hydrogens is 283 g/mol. The van der Waals surface area contributed by atoms with Gasteiger partial charge in [-0.15, -0.1) is 12.8 Å². The summed E-state index contributed by atoms with van der Waals surface area (Å²) in [7, 11) is 0. The van der Waals surface area contributed by atoms with Gasteiger partial charge < -0.3 is 8.71 Å². The molecule has 0 saturated carbocycles. The van der Waals surface area contributed by atoms with Gasteiger partial charge in [0.25, 0.3) is 0 Å². The molecule has 2 aliphatic carbocycles. The van der Waals surface area contributed by atoms with Crippen LogP contribution in [0.4, 0.5) is 0 Å². The predicted octanol–water partition coefficient (Wildman–Crippen LogP) is 4.42. The molecule has 0 bridgehead atoms. The van der Waals surface area contributed by atoms with Gasteiger partial charge in [0.1, 0.15) is 11.9 Å². The first-order valence-electron chi connectivity index (χ1n) is 5.19. The summed E-state index contributed by atoms with van der Waals surface area (Å²) in [4.78, 5) is 0. The van der Waals surface area contributed by atoms with E-state index in [0.717, 1.165) is 12.8 Å². The minimum Gasteiger partial charge on any atom is -0.433 e. The number of hydrogen-bond donors (Lipinski definition) is 0. The summed E-state index contributed by atoms with van der Waals surface area (Å²) in [5.74, 6) is 0.321. The quantitative estimate of drug-likeness (QED) is 0.565. The number of furan rings is 1. The van der Waals surface area contributed by atoms with Gasteiger partial charge in [0.05, 0.1) is 6.26 Å². The van der Waals surface area contributed by atoms with E-state index < -0.39 is 0 Å². The molecular formula is C14H13ClO2Ti. The molecule has 1 aromatic rings. The summed E-state index contributed by atoms with van der Waals surface area (Å²) in [6.07, 6.45) is 21.5. The molecule has 92 valence electrons. The van der Waals surface area contributed by atoms with Crippen LogP contribution in [-0.4, -0.2) is 0 Å². The molecule has 0 amide bonds. The zero-order valence-corrected chi connectivity index (χ0v) is 12.1. The summed E-state index contributed by atoms with van der Waals surface area (Å²) >= 11 is 4.87. The van der Waals surface area contributed by atoms with Gasteiger partial charge in [-0.25, -0.2) is 24.3 Å². The summed E-state index contributed by atoms with van der Waals surface area (Å²) in [6, 6.07) is 3.31. The fourth-order valence-electron chi connectivity index (χ4n) is 0.988. The van der Waals surface area contributed by atoms with Crippen LogP contribution in [0.2, 0.25) is 0 Å². The molecule has 0 N–H and O–H groups in total. The molecule has 2 aliphatic rings. The van der Waals surface area contributed by atoms with E-state index in [4.69, 9.17) is 11.9 Å². The van der Waals surface area contributed by atoms with Crippen molar-refractivity contribution in [1.82, 2.24) is 0 Å². The van der Waals surface area contributed by atoms with Gasteiger partial charge in [-0.3, -0.25) is 12.2 Å². The van der Waals surface area contributed by atoms with Crippen LogP contribution in [0.25, 0.3) is 0 Å². The van der Waals surface area contributed by atoms with E-state index in [0.29, 0.717) is 5.95 Å². The Balaban J connectivity index is 0.000000239. The third-order valence-corrected chi connectivity index (χ3v) is 1.89. The number of rotatable bonds is 1. The van der Waals surface area contributed by atoms with Crippen molar-refractivity contribution in [3.8, 4) is 5.95 Å². The molecule has 1 heterocycles. The van der Waals surface area contributed by atoms with Crippen molar-refractivity contribution >= 4 is 11.9 Å². The Kier molecular flexibility index (Phi) is 11.8. The first-order chi connectivity index (χ1) is 8.43. The second kappa shape index (κ2) is 12.5. The third kappa shape index (κ3) is 9.11. The van der Waals surface area contributed by atoms with Crippen molar-refractivity contribution < 1.29 is 30.4 Å². The fraction of sp³-hybridized carbons (Fsp3) is 0.143. The predicted molar refractivity (Wildman–Crippen MR) is 68.3 cm³/mol. The Hall–Kier alpha value is -0.956. The average Bonchev–Trinajstić information content (AvgIpc) is 3.13. The van der Waals surface area contributed by atoms with E-state index in [9.17, 15) is 0 Å². The van der Waals surface area contributed by atoms with Crippen LogP contribution in [0.1, 0.15) is 12.8 Å². The molecule has 2 nitrogen and oxygen atoms in total. The largest absolute Gasteiger partial charge is 2.00 e. The van der Waals surface area contributed by atoms with Crippen LogP contribution in [0.15, 0.2) is 59.3 Å². The van der Waals surface area contributed by atoms with Crippen LogP contribution < -0.4 is 4.29 Å². The van der Waals surface area contributed by atoms with Gasteiger partial charge >= 0.3 is 27.7 Å². The minimum absolute atomic E-state index is 0. The maximum atomic E-state index is 4.87. The first kappa shape index (κ1) is 17.0. The molecule has 0 atom stereocenters. The zero-order chi connectivity index (χ0) is 12.2. The second-order valence-electron chi connectivity index (χ2n) is 3.02. The molecule has 0 fully saturated rings. The summed E-state index contributed by atoms with van der Waals surface area (Å²) < 4.78 is 8.79. The molecule has 0 spiro atoms. The molecule has 0 unspecified atom stereocenters. The number of hydrogen-bond acceptors (Lipinski definition) is 2. The van der Waals surface area contributed by atoms with Gasteiger partial charge in [0.2, 0.25) is 0 Å².